The molecular formula is C19H11NO4-. The van der Waals surface area contributed by atoms with Crippen LogP contribution in [0.15, 0.2) is 59.9 Å². The van der Waals surface area contributed by atoms with E-state index in [4.69, 9.17) is 0 Å². The number of ketones is 2. The third-order valence-corrected chi connectivity index (χ3v) is 4.36. The fraction of sp³-hybridized carbons (Fsp3) is 0.0526. The van der Waals surface area contributed by atoms with Crippen LogP contribution in [-0.4, -0.2) is 23.5 Å². The second-order valence-electron chi connectivity index (χ2n) is 5.66. The molecular weight excluding hydrogens is 306 g/mol. The zero-order valence-corrected chi connectivity index (χ0v) is 12.7. The Hall–Kier alpha value is -3.34. The van der Waals surface area contributed by atoms with Crippen LogP contribution in [-0.2, 0) is 5.11 Å². The molecule has 117 valence electrons. The van der Waals surface area contributed by atoms with Gasteiger partial charge in [-0.1, -0.05) is 54.3 Å². The van der Waals surface area contributed by atoms with Crippen molar-refractivity contribution in [2.45, 2.75) is 0 Å². The van der Waals surface area contributed by atoms with Gasteiger partial charge in [-0.05, 0) is 5.56 Å². The Balaban J connectivity index is 1.83. The second-order valence-corrected chi connectivity index (χ2v) is 5.66. The van der Waals surface area contributed by atoms with E-state index >= 15 is 0 Å². The number of benzene rings is 2. The van der Waals surface area contributed by atoms with Gasteiger partial charge in [0.2, 0.25) is 17.3 Å². The normalized spacial score (nSPS) is 15.9. The molecule has 5 nitrogen and oxygen atoms in total. The van der Waals surface area contributed by atoms with Crippen molar-refractivity contribution in [3.05, 3.63) is 82.2 Å². The Kier molecular flexibility index (Phi) is 2.87. The molecule has 1 radical (unpaired) electrons. The van der Waals surface area contributed by atoms with E-state index in [-0.39, 0.29) is 11.4 Å². The first-order chi connectivity index (χ1) is 11.5. The lowest BCUT2D eigenvalue weighted by molar-refractivity contribution is -0.245. The molecule has 0 atom stereocenters. The molecule has 4 rings (SSSR count). The second kappa shape index (κ2) is 4.83. The van der Waals surface area contributed by atoms with Gasteiger partial charge in [0.15, 0.2) is 0 Å². The first-order valence-corrected chi connectivity index (χ1v) is 7.37. The summed E-state index contributed by atoms with van der Waals surface area (Å²) < 4.78 is 0. The van der Waals surface area contributed by atoms with Crippen molar-refractivity contribution in [2.75, 3.05) is 7.05 Å². The molecule has 2 aromatic carbocycles. The van der Waals surface area contributed by atoms with Crippen molar-refractivity contribution < 1.29 is 19.8 Å². The fourth-order valence-electron chi connectivity index (χ4n) is 3.20. The lowest BCUT2D eigenvalue weighted by atomic mass is 10.1. The Labute approximate surface area is 137 Å². The SMILES string of the molecule is CN(C1=C([O])c2ccccc2C1=O)C1=C([O-])c2ccccc2C1=O. The average Bonchev–Trinajstić information content (AvgIpc) is 3.00. The molecule has 0 fully saturated rings. The number of carbonyl (C=O) groups is 2. The Bertz CT molecular complexity index is 905. The van der Waals surface area contributed by atoms with Gasteiger partial charge in [0.25, 0.3) is 0 Å². The van der Waals surface area contributed by atoms with Crippen LogP contribution in [0.25, 0.3) is 11.5 Å². The molecule has 0 unspecified atom stereocenters. The summed E-state index contributed by atoms with van der Waals surface area (Å²) in [4.78, 5) is 26.3. The quantitative estimate of drug-likeness (QED) is 0.846. The predicted octanol–water partition coefficient (Wildman–Crippen LogP) is 1.84. The van der Waals surface area contributed by atoms with Gasteiger partial charge in [0.05, 0.1) is 5.70 Å². The van der Waals surface area contributed by atoms with Crippen LogP contribution in [0, 0.1) is 0 Å². The molecule has 24 heavy (non-hydrogen) atoms. The highest BCUT2D eigenvalue weighted by molar-refractivity contribution is 6.23. The first-order valence-electron chi connectivity index (χ1n) is 7.37. The van der Waals surface area contributed by atoms with E-state index in [0.29, 0.717) is 22.3 Å². The monoisotopic (exact) mass is 317 g/mol. The van der Waals surface area contributed by atoms with E-state index in [1.165, 1.54) is 7.05 Å². The van der Waals surface area contributed by atoms with Gasteiger partial charge in [-0.3, -0.25) is 14.7 Å². The lowest BCUT2D eigenvalue weighted by Gasteiger charge is -2.23. The highest BCUT2D eigenvalue weighted by atomic mass is 16.3. The fourth-order valence-corrected chi connectivity index (χ4v) is 3.20. The van der Waals surface area contributed by atoms with Crippen LogP contribution < -0.4 is 5.11 Å². The number of carbonyl (C=O) groups excluding carboxylic acids is 2. The summed E-state index contributed by atoms with van der Waals surface area (Å²) in [5.74, 6) is -1.88. The highest BCUT2D eigenvalue weighted by Crippen LogP contribution is 2.38. The molecule has 0 amide bonds. The summed E-state index contributed by atoms with van der Waals surface area (Å²) >= 11 is 0. The van der Waals surface area contributed by atoms with E-state index in [1.54, 1.807) is 48.5 Å². The van der Waals surface area contributed by atoms with E-state index in [1.807, 2.05) is 0 Å². The molecule has 5 heteroatoms. The first kappa shape index (κ1) is 14.3. The van der Waals surface area contributed by atoms with Crippen molar-refractivity contribution in [2.24, 2.45) is 0 Å². The topological polar surface area (TPSA) is 80.3 Å². The lowest BCUT2D eigenvalue weighted by Crippen LogP contribution is -2.27. The van der Waals surface area contributed by atoms with Crippen LogP contribution in [0.4, 0.5) is 0 Å². The van der Waals surface area contributed by atoms with Crippen LogP contribution in [0.1, 0.15) is 31.8 Å². The standard InChI is InChI=1S/C19H12NO4/c1-20(14-16(21)10-6-2-3-7-11(10)17(14)22)15-18(23)12-8-4-5-9-13(12)19(15)24/h2-9,21H,1H3/p-1. The van der Waals surface area contributed by atoms with Crippen LogP contribution >= 0.6 is 0 Å². The van der Waals surface area contributed by atoms with E-state index < -0.39 is 23.1 Å². The number of rotatable bonds is 2. The number of Topliss-reactive ketones (excluding diaryl/α,β-unsaturated/α-hetero) is 2. The summed E-state index contributed by atoms with van der Waals surface area (Å²) in [6.07, 6.45) is 0. The average molecular weight is 317 g/mol. The molecule has 0 aromatic heterocycles. The minimum atomic E-state index is -0.470. The van der Waals surface area contributed by atoms with E-state index in [9.17, 15) is 19.8 Å². The molecule has 0 bridgehead atoms. The molecule has 0 N–H and O–H groups in total. The summed E-state index contributed by atoms with van der Waals surface area (Å²) in [6.45, 7) is 0. The summed E-state index contributed by atoms with van der Waals surface area (Å²) in [7, 11) is 1.41. The number of nitrogens with zero attached hydrogens (tertiary/aromatic N) is 1. The Morgan fingerprint density at radius 2 is 1.21 bits per heavy atom. The molecule has 0 aliphatic heterocycles. The number of hydrogen-bond donors (Lipinski definition) is 0. The molecule has 0 saturated heterocycles. The van der Waals surface area contributed by atoms with Crippen LogP contribution in [0.5, 0.6) is 0 Å². The number of hydrogen-bond acceptors (Lipinski definition) is 4. The van der Waals surface area contributed by atoms with Gasteiger partial charge in [-0.2, -0.15) is 0 Å². The van der Waals surface area contributed by atoms with Crippen molar-refractivity contribution in [1.29, 1.82) is 0 Å². The summed E-state index contributed by atoms with van der Waals surface area (Å²) in [5, 5.41) is 25.1. The van der Waals surface area contributed by atoms with Gasteiger partial charge < -0.3 is 10.0 Å². The zero-order chi connectivity index (χ0) is 17.0. The van der Waals surface area contributed by atoms with Crippen molar-refractivity contribution in [1.82, 2.24) is 4.90 Å². The van der Waals surface area contributed by atoms with Crippen LogP contribution in [0.3, 0.4) is 0 Å². The van der Waals surface area contributed by atoms with Crippen molar-refractivity contribution in [3.8, 4) is 0 Å². The molecule has 0 saturated carbocycles. The number of fused-ring (bicyclic) bond motifs is 2. The van der Waals surface area contributed by atoms with E-state index in [2.05, 4.69) is 0 Å². The third kappa shape index (κ3) is 1.69. The minimum absolute atomic E-state index is 0.166. The summed E-state index contributed by atoms with van der Waals surface area (Å²) in [5.41, 5.74) is 0.836. The van der Waals surface area contributed by atoms with Gasteiger partial charge in [0, 0.05) is 23.7 Å². The Morgan fingerprint density at radius 3 is 1.75 bits per heavy atom. The molecule has 2 aromatic rings. The number of allylic oxidation sites excluding steroid dienone is 2. The van der Waals surface area contributed by atoms with Gasteiger partial charge in [0.1, 0.15) is 5.70 Å². The van der Waals surface area contributed by atoms with Crippen LogP contribution in [0.2, 0.25) is 0 Å². The molecule has 0 heterocycles. The van der Waals surface area contributed by atoms with Crippen molar-refractivity contribution >= 4 is 23.1 Å². The van der Waals surface area contributed by atoms with Crippen molar-refractivity contribution in [3.63, 3.8) is 0 Å². The third-order valence-electron chi connectivity index (χ3n) is 4.36. The Morgan fingerprint density at radius 1 is 0.750 bits per heavy atom. The molecule has 0 spiro atoms. The van der Waals surface area contributed by atoms with Gasteiger partial charge in [-0.25, -0.2) is 0 Å². The maximum absolute atomic E-state index is 12.6. The maximum Gasteiger partial charge on any atom is 0.214 e. The predicted molar refractivity (Wildman–Crippen MR) is 83.8 cm³/mol. The maximum atomic E-state index is 12.6. The number of likely N-dealkylation sites (N-methyl/N-ethyl adjacent to an activating group) is 1. The van der Waals surface area contributed by atoms with Gasteiger partial charge in [-0.15, -0.1) is 0 Å². The highest BCUT2D eigenvalue weighted by Gasteiger charge is 2.37. The smallest absolute Gasteiger partial charge is 0.214 e. The van der Waals surface area contributed by atoms with E-state index in [0.717, 1.165) is 4.90 Å². The largest absolute Gasteiger partial charge is 0.871 e. The zero-order valence-electron chi connectivity index (χ0n) is 12.7. The molecule has 2 aliphatic carbocycles. The molecule has 2 aliphatic rings. The minimum Gasteiger partial charge on any atom is -0.871 e. The van der Waals surface area contributed by atoms with Gasteiger partial charge >= 0.3 is 0 Å². The summed E-state index contributed by atoms with van der Waals surface area (Å²) in [6, 6.07) is 12.9.